The Hall–Kier alpha value is -4.71. The van der Waals surface area contributed by atoms with Crippen LogP contribution in [0.3, 0.4) is 0 Å². The number of aromatic nitrogens is 4. The van der Waals surface area contributed by atoms with Crippen LogP contribution in [0, 0.1) is 17.2 Å². The molecule has 226 valence electrons. The zero-order chi connectivity index (χ0) is 30.9. The van der Waals surface area contributed by atoms with E-state index in [0.717, 1.165) is 6.20 Å². The van der Waals surface area contributed by atoms with Gasteiger partial charge in [0, 0.05) is 57.6 Å². The van der Waals surface area contributed by atoms with E-state index in [0.29, 0.717) is 62.5 Å². The number of aromatic amines is 1. The predicted molar refractivity (Wildman–Crippen MR) is 148 cm³/mol. The Morgan fingerprint density at radius 3 is 2.44 bits per heavy atom. The summed E-state index contributed by atoms with van der Waals surface area (Å²) >= 11 is 0. The number of nitrogens with one attached hydrogen (secondary N) is 3. The van der Waals surface area contributed by atoms with E-state index in [1.807, 2.05) is 13.0 Å². The number of amides is 3. The van der Waals surface area contributed by atoms with Crippen molar-refractivity contribution in [2.24, 2.45) is 13.0 Å². The summed E-state index contributed by atoms with van der Waals surface area (Å²) in [6.07, 6.45) is -3.50. The summed E-state index contributed by atoms with van der Waals surface area (Å²) in [6, 6.07) is 6.70. The van der Waals surface area contributed by atoms with Gasteiger partial charge < -0.3 is 25.0 Å². The Kier molecular flexibility index (Phi) is 8.23. The van der Waals surface area contributed by atoms with E-state index in [2.05, 4.69) is 25.8 Å². The number of nitrogens with zero attached hydrogens (tertiary/aromatic N) is 6. The molecule has 2 fully saturated rings. The molecule has 2 saturated heterocycles. The number of carbonyl (C=O) groups is 3. The fourth-order valence-electron chi connectivity index (χ4n) is 5.30. The van der Waals surface area contributed by atoms with Crippen LogP contribution in [0.1, 0.15) is 44.9 Å². The second kappa shape index (κ2) is 11.9. The lowest BCUT2D eigenvalue weighted by Gasteiger charge is -2.38. The van der Waals surface area contributed by atoms with Crippen LogP contribution in [0.2, 0.25) is 0 Å². The maximum Gasteiger partial charge on any atom is 0.435 e. The quantitative estimate of drug-likeness (QED) is 0.378. The molecule has 2 aliphatic heterocycles. The molecule has 3 aromatic rings. The number of carbonyl (C=O) groups excluding carboxylic acids is 3. The summed E-state index contributed by atoms with van der Waals surface area (Å²) < 4.78 is 42.1. The number of H-pyrrole nitrogens is 1. The molecule has 4 heterocycles. The van der Waals surface area contributed by atoms with Crippen molar-refractivity contribution < 1.29 is 27.6 Å². The topological polar surface area (TPSA) is 152 Å². The summed E-state index contributed by atoms with van der Waals surface area (Å²) in [4.78, 5) is 46.6. The van der Waals surface area contributed by atoms with Gasteiger partial charge in [-0.3, -0.25) is 19.5 Å². The van der Waals surface area contributed by atoms with Crippen LogP contribution >= 0.6 is 0 Å². The first-order valence-electron chi connectivity index (χ1n) is 13.8. The van der Waals surface area contributed by atoms with Crippen LogP contribution in [0.5, 0.6) is 0 Å². The number of rotatable bonds is 7. The third kappa shape index (κ3) is 5.82. The van der Waals surface area contributed by atoms with Gasteiger partial charge >= 0.3 is 6.18 Å². The number of aryl methyl sites for hydroxylation is 1. The Balaban J connectivity index is 1.30. The second-order valence-corrected chi connectivity index (χ2v) is 10.4. The van der Waals surface area contributed by atoms with Crippen molar-refractivity contribution in [2.75, 3.05) is 44.6 Å². The number of piperazine rings is 1. The molecule has 0 saturated carbocycles. The standard InChI is InChI=1S/C28H30F3N9O3/c1-3-16-12-18(4-5-19(16)27(43)40-10-8-39(9-11-40)26(42)17-13-33-14-17)35-25(41)24-34-15-21(38(24)2)22-20(6-7-32)36-37-23(22)28(29,30)31/h4-5,12,15,17,33H,3,6,8-11,13-14H2,1-2H3,(H,35,41)(H,36,37). The molecule has 12 nitrogen and oxygen atoms in total. The Morgan fingerprint density at radius 2 is 1.84 bits per heavy atom. The molecule has 3 amide bonds. The fraction of sp³-hybridized carbons (Fsp3) is 0.429. The molecule has 0 unspecified atom stereocenters. The van der Waals surface area contributed by atoms with Crippen LogP contribution in [0.4, 0.5) is 18.9 Å². The van der Waals surface area contributed by atoms with Crippen LogP contribution in [-0.2, 0) is 30.9 Å². The van der Waals surface area contributed by atoms with Gasteiger partial charge in [0.25, 0.3) is 11.8 Å². The number of hydrogen-bond donors (Lipinski definition) is 3. The first-order chi connectivity index (χ1) is 20.5. The van der Waals surface area contributed by atoms with Crippen LogP contribution < -0.4 is 10.6 Å². The van der Waals surface area contributed by atoms with Gasteiger partial charge in [-0.05, 0) is 30.2 Å². The smallest absolute Gasteiger partial charge is 0.339 e. The largest absolute Gasteiger partial charge is 0.435 e. The molecule has 1 aromatic carbocycles. The van der Waals surface area contributed by atoms with Gasteiger partial charge in [0.1, 0.15) is 0 Å². The van der Waals surface area contributed by atoms with Gasteiger partial charge in [0.05, 0.1) is 41.6 Å². The second-order valence-electron chi connectivity index (χ2n) is 10.4. The highest BCUT2D eigenvalue weighted by Gasteiger charge is 2.39. The van der Waals surface area contributed by atoms with E-state index >= 15 is 0 Å². The number of imidazole rings is 1. The molecule has 2 aliphatic rings. The molecule has 5 rings (SSSR count). The molecule has 0 radical (unpaired) electrons. The number of halogens is 3. The summed E-state index contributed by atoms with van der Waals surface area (Å²) in [5.41, 5.74) is -0.0334. The third-order valence-electron chi connectivity index (χ3n) is 7.80. The number of nitriles is 1. The molecule has 15 heteroatoms. The highest BCUT2D eigenvalue weighted by Crippen LogP contribution is 2.38. The molecule has 43 heavy (non-hydrogen) atoms. The first kappa shape index (κ1) is 29.8. The molecule has 3 N–H and O–H groups in total. The predicted octanol–water partition coefficient (Wildman–Crippen LogP) is 2.21. The number of anilines is 1. The lowest BCUT2D eigenvalue weighted by atomic mass is 10.0. The maximum absolute atomic E-state index is 13.6. The van der Waals surface area contributed by atoms with Crippen molar-refractivity contribution in [3.05, 3.63) is 52.7 Å². The van der Waals surface area contributed by atoms with Crippen molar-refractivity contribution in [1.82, 2.24) is 34.9 Å². The lowest BCUT2D eigenvalue weighted by Crippen LogP contribution is -2.57. The van der Waals surface area contributed by atoms with Crippen molar-refractivity contribution >= 4 is 23.4 Å². The van der Waals surface area contributed by atoms with E-state index in [4.69, 9.17) is 5.26 Å². The van der Waals surface area contributed by atoms with Crippen LogP contribution in [0.15, 0.2) is 24.4 Å². The van der Waals surface area contributed by atoms with Crippen LogP contribution in [-0.4, -0.2) is 86.5 Å². The summed E-state index contributed by atoms with van der Waals surface area (Å²) in [5.74, 6) is -0.854. The van der Waals surface area contributed by atoms with E-state index in [1.54, 1.807) is 28.0 Å². The van der Waals surface area contributed by atoms with Gasteiger partial charge in [-0.15, -0.1) is 0 Å². The third-order valence-corrected chi connectivity index (χ3v) is 7.80. The Morgan fingerprint density at radius 1 is 1.14 bits per heavy atom. The van der Waals surface area contributed by atoms with Crippen molar-refractivity contribution in [3.63, 3.8) is 0 Å². The van der Waals surface area contributed by atoms with E-state index in [-0.39, 0.29) is 46.9 Å². The molecular formula is C28H30F3N9O3. The summed E-state index contributed by atoms with van der Waals surface area (Å²) in [5, 5.41) is 20.5. The molecule has 0 aliphatic carbocycles. The highest BCUT2D eigenvalue weighted by molar-refractivity contribution is 6.03. The zero-order valence-corrected chi connectivity index (χ0v) is 23.6. The molecule has 0 spiro atoms. The monoisotopic (exact) mass is 597 g/mol. The fourth-order valence-corrected chi connectivity index (χ4v) is 5.30. The van der Waals surface area contributed by atoms with Gasteiger partial charge in [-0.25, -0.2) is 4.98 Å². The average Bonchev–Trinajstić information content (AvgIpc) is 3.55. The molecule has 0 bridgehead atoms. The molecular weight excluding hydrogens is 567 g/mol. The van der Waals surface area contributed by atoms with Crippen LogP contribution in [0.25, 0.3) is 11.3 Å². The Labute approximate surface area is 244 Å². The summed E-state index contributed by atoms with van der Waals surface area (Å²) in [7, 11) is 1.40. The maximum atomic E-state index is 13.6. The minimum absolute atomic E-state index is 0.0121. The van der Waals surface area contributed by atoms with Crippen molar-refractivity contribution in [2.45, 2.75) is 25.9 Å². The number of hydrogen-bond acceptors (Lipinski definition) is 7. The average molecular weight is 598 g/mol. The van der Waals surface area contributed by atoms with E-state index in [1.165, 1.54) is 11.6 Å². The molecule has 0 atom stereocenters. The van der Waals surface area contributed by atoms with Crippen molar-refractivity contribution in [1.29, 1.82) is 5.26 Å². The van der Waals surface area contributed by atoms with Gasteiger partial charge in [0.2, 0.25) is 5.91 Å². The number of benzene rings is 1. The highest BCUT2D eigenvalue weighted by atomic mass is 19.4. The molecule has 2 aromatic heterocycles. The van der Waals surface area contributed by atoms with Crippen molar-refractivity contribution in [3.8, 4) is 17.3 Å². The lowest BCUT2D eigenvalue weighted by molar-refractivity contribution is -0.140. The van der Waals surface area contributed by atoms with E-state index in [9.17, 15) is 27.6 Å². The SMILES string of the molecule is CCc1cc(NC(=O)c2ncc(-c3c(C(F)(F)F)n[nH]c3CC#N)n2C)ccc1C(=O)N1CCN(C(=O)C2CNC2)CC1. The van der Waals surface area contributed by atoms with Gasteiger partial charge in [-0.2, -0.15) is 23.5 Å². The van der Waals surface area contributed by atoms with E-state index < -0.39 is 17.8 Å². The first-order valence-corrected chi connectivity index (χ1v) is 13.8. The summed E-state index contributed by atoms with van der Waals surface area (Å²) in [6.45, 7) is 5.07. The normalized spacial score (nSPS) is 15.6. The van der Waals surface area contributed by atoms with Gasteiger partial charge in [-0.1, -0.05) is 6.92 Å². The van der Waals surface area contributed by atoms with Gasteiger partial charge in [0.15, 0.2) is 11.5 Å². The minimum Gasteiger partial charge on any atom is -0.339 e. The number of alkyl halides is 3. The minimum atomic E-state index is -4.79. The Bertz CT molecular complexity index is 1590. The zero-order valence-electron chi connectivity index (χ0n) is 23.6.